The lowest BCUT2D eigenvalue weighted by Crippen LogP contribution is -2.55. The van der Waals surface area contributed by atoms with Crippen molar-refractivity contribution in [3.63, 3.8) is 0 Å². The van der Waals surface area contributed by atoms with Gasteiger partial charge in [0.1, 0.15) is 12.4 Å². The largest absolute Gasteiger partial charge is 0.468 e. The van der Waals surface area contributed by atoms with Crippen LogP contribution >= 0.6 is 0 Å². The average Bonchev–Trinajstić information content (AvgIpc) is 3.81. The molecule has 69 heavy (non-hydrogen) atoms. The van der Waals surface area contributed by atoms with Gasteiger partial charge < -0.3 is 43.8 Å². The molecule has 0 radical (unpaired) electrons. The van der Waals surface area contributed by atoms with Crippen molar-refractivity contribution in [2.24, 2.45) is 0 Å². The first-order valence-electron chi connectivity index (χ1n) is 23.6. The maximum Gasteiger partial charge on any atom is 0.374 e. The lowest BCUT2D eigenvalue weighted by atomic mass is 9.68. The molecule has 1 N–H and O–H groups in total. The number of aromatic nitrogens is 4. The minimum Gasteiger partial charge on any atom is -0.468 e. The smallest absolute Gasteiger partial charge is 0.374 e. The Bertz CT molecular complexity index is 2460. The third-order valence-corrected chi connectivity index (χ3v) is 15.1. The summed E-state index contributed by atoms with van der Waals surface area (Å²) in [5.74, 6) is 0.488. The molecule has 18 nitrogen and oxygen atoms in total. The average molecular weight is 943 g/mol. The maximum atomic E-state index is 13.8. The van der Waals surface area contributed by atoms with Gasteiger partial charge >= 0.3 is 35.7 Å². The Morgan fingerprint density at radius 1 is 0.638 bits per heavy atom. The first kappa shape index (κ1) is 50.4. The SMILES string of the molecule is [C-]#[N+]c1ncc(N2CC3(CCC(NC)(c4ccccc4)CC3)N(CCCOC)C2=O)c(OC)n1.[C-]#[N+]c1ncc(N2CC3(CCC(c4ccccc4)(N(C)C)CC3)N(CCCOC)C2=O)c(OC)n1. The van der Waals surface area contributed by atoms with E-state index in [-0.39, 0.29) is 57.9 Å². The van der Waals surface area contributed by atoms with Gasteiger partial charge in [-0.3, -0.25) is 14.7 Å². The number of benzene rings is 2. The topological polar surface area (TPSA) is 160 Å². The van der Waals surface area contributed by atoms with Crippen LogP contribution in [-0.4, -0.2) is 147 Å². The lowest BCUT2D eigenvalue weighted by Gasteiger charge is -2.51. The minimum atomic E-state index is -0.303. The number of methoxy groups -OCH3 is 4. The maximum absolute atomic E-state index is 13.8. The highest BCUT2D eigenvalue weighted by atomic mass is 16.5. The van der Waals surface area contributed by atoms with Crippen molar-refractivity contribution in [1.29, 1.82) is 0 Å². The Hall–Kier alpha value is -6.44. The molecule has 0 bridgehead atoms. The normalized spacial score (nSPS) is 24.4. The van der Waals surface area contributed by atoms with Gasteiger partial charge in [0.25, 0.3) is 0 Å². The Balaban J connectivity index is 0.000000204. The van der Waals surface area contributed by atoms with E-state index in [0.29, 0.717) is 50.8 Å². The van der Waals surface area contributed by atoms with Crippen molar-refractivity contribution >= 4 is 35.3 Å². The molecule has 4 aliphatic rings. The number of rotatable bonds is 16. The highest BCUT2D eigenvalue weighted by Gasteiger charge is 2.56. The Kier molecular flexibility index (Phi) is 16.0. The summed E-state index contributed by atoms with van der Waals surface area (Å²) >= 11 is 0. The van der Waals surface area contributed by atoms with Crippen LogP contribution in [0.15, 0.2) is 73.1 Å². The summed E-state index contributed by atoms with van der Waals surface area (Å²) in [6.45, 7) is 17.9. The quantitative estimate of drug-likeness (QED) is 0.0859. The molecule has 4 fully saturated rings. The van der Waals surface area contributed by atoms with Crippen LogP contribution in [0.5, 0.6) is 11.8 Å². The fourth-order valence-corrected chi connectivity index (χ4v) is 11.2. The number of anilines is 2. The van der Waals surface area contributed by atoms with E-state index < -0.39 is 0 Å². The van der Waals surface area contributed by atoms with Crippen LogP contribution in [-0.2, 0) is 20.6 Å². The van der Waals surface area contributed by atoms with E-state index >= 15 is 0 Å². The number of carbonyl (C=O) groups is 2. The van der Waals surface area contributed by atoms with Crippen molar-refractivity contribution in [2.45, 2.75) is 86.4 Å². The van der Waals surface area contributed by atoms with Crippen LogP contribution < -0.4 is 24.6 Å². The molecule has 2 saturated carbocycles. The Morgan fingerprint density at radius 2 is 1.06 bits per heavy atom. The number of nitrogens with zero attached hydrogens (tertiary/aromatic N) is 11. The molecular weight excluding hydrogens is 877 g/mol. The van der Waals surface area contributed by atoms with E-state index in [1.807, 2.05) is 22.9 Å². The van der Waals surface area contributed by atoms with Gasteiger partial charge in [-0.2, -0.15) is 9.97 Å². The van der Waals surface area contributed by atoms with Crippen molar-refractivity contribution in [3.8, 4) is 11.8 Å². The fraction of sp³-hybridized carbons (Fsp3) is 0.529. The third-order valence-electron chi connectivity index (χ3n) is 15.1. The van der Waals surface area contributed by atoms with Crippen LogP contribution in [0.25, 0.3) is 9.69 Å². The van der Waals surface area contributed by atoms with Gasteiger partial charge in [-0.05, 0) is 96.5 Å². The van der Waals surface area contributed by atoms with E-state index in [4.69, 9.17) is 32.1 Å². The van der Waals surface area contributed by atoms with Crippen LogP contribution in [0.3, 0.4) is 0 Å². The van der Waals surface area contributed by atoms with Gasteiger partial charge in [0.05, 0.1) is 38.4 Å². The second-order valence-corrected chi connectivity index (χ2v) is 18.5. The predicted molar refractivity (Wildman–Crippen MR) is 263 cm³/mol. The molecule has 2 aromatic carbocycles. The molecule has 366 valence electrons. The fourth-order valence-electron chi connectivity index (χ4n) is 11.2. The number of hydrogen-bond acceptors (Lipinski definition) is 12. The summed E-state index contributed by atoms with van der Waals surface area (Å²) < 4.78 is 21.4. The second kappa shape index (κ2) is 21.9. The summed E-state index contributed by atoms with van der Waals surface area (Å²) in [7, 11) is 12.7. The van der Waals surface area contributed by atoms with E-state index in [1.165, 1.54) is 37.7 Å². The summed E-state index contributed by atoms with van der Waals surface area (Å²) in [6.07, 6.45) is 11.8. The van der Waals surface area contributed by atoms with Crippen LogP contribution in [0.4, 0.5) is 32.9 Å². The van der Waals surface area contributed by atoms with E-state index in [1.54, 1.807) is 24.0 Å². The molecule has 2 spiro atoms. The standard InChI is InChI=1S/C26H34N6O3.C25H32N6O3/c1-27-23-28-18-21(22(29-23)35-5)31-19-25(32(24(31)33)16-9-17-34-4)12-14-26(15-13-25,30(2)3)20-10-7-6-8-11-20;1-26-22-28-17-20(21(29-22)34-4)30-18-24(31(23(30)32)15-8-16-33-3)11-13-25(27-2,14-12-24)19-9-6-5-7-10-19/h6-8,10-11,18H,9,12-17,19H2,2-5H3;5-7,9-10,17,27H,8,11-16,18H2,2-4H3. The lowest BCUT2D eigenvalue weighted by molar-refractivity contribution is 0.0240. The number of carbonyl (C=O) groups excluding carboxylic acids is 2. The van der Waals surface area contributed by atoms with Gasteiger partial charge in [-0.15, -0.1) is 23.1 Å². The van der Waals surface area contributed by atoms with Crippen LogP contribution in [0.1, 0.15) is 75.3 Å². The first-order valence-corrected chi connectivity index (χ1v) is 23.6. The number of nitrogens with one attached hydrogen (secondary N) is 1. The highest BCUT2D eigenvalue weighted by Crippen LogP contribution is 2.51. The van der Waals surface area contributed by atoms with E-state index in [9.17, 15) is 9.59 Å². The van der Waals surface area contributed by atoms with Crippen molar-refractivity contribution < 1.29 is 28.5 Å². The second-order valence-electron chi connectivity index (χ2n) is 18.5. The van der Waals surface area contributed by atoms with Gasteiger partial charge in [0.15, 0.2) is 11.4 Å². The van der Waals surface area contributed by atoms with Gasteiger partial charge in [-0.1, -0.05) is 60.7 Å². The minimum absolute atomic E-state index is 0.000189. The summed E-state index contributed by atoms with van der Waals surface area (Å²) in [5, 5.41) is 3.59. The molecule has 2 aromatic heterocycles. The van der Waals surface area contributed by atoms with Crippen LogP contribution in [0, 0.1) is 13.1 Å². The van der Waals surface area contributed by atoms with Crippen molar-refractivity contribution in [3.05, 3.63) is 107 Å². The zero-order valence-corrected chi connectivity index (χ0v) is 41.1. The molecule has 8 rings (SSSR count). The number of ether oxygens (including phenoxy) is 4. The summed E-state index contributed by atoms with van der Waals surface area (Å²) in [6, 6.07) is 21.1. The molecule has 2 aliphatic carbocycles. The highest BCUT2D eigenvalue weighted by molar-refractivity contribution is 5.97. The zero-order valence-electron chi connectivity index (χ0n) is 41.1. The Labute approximate surface area is 406 Å². The monoisotopic (exact) mass is 943 g/mol. The number of hydrogen-bond donors (Lipinski definition) is 1. The van der Waals surface area contributed by atoms with E-state index in [2.05, 4.69) is 109 Å². The number of amides is 4. The van der Waals surface area contributed by atoms with Gasteiger partial charge in [-0.25, -0.2) is 9.59 Å². The Morgan fingerprint density at radius 3 is 1.43 bits per heavy atom. The third kappa shape index (κ3) is 9.89. The first-order chi connectivity index (χ1) is 33.4. The van der Waals surface area contributed by atoms with E-state index in [0.717, 1.165) is 64.2 Å². The molecular formula is C51H66N12O6. The molecule has 0 unspecified atom stereocenters. The zero-order chi connectivity index (χ0) is 49.2. The molecule has 2 saturated heterocycles. The predicted octanol–water partition coefficient (Wildman–Crippen LogP) is 7.83. The molecule has 0 atom stereocenters. The molecule has 4 aromatic rings. The summed E-state index contributed by atoms with van der Waals surface area (Å²) in [4.78, 5) is 60.5. The van der Waals surface area contributed by atoms with Gasteiger partial charge in [0, 0.05) is 51.6 Å². The van der Waals surface area contributed by atoms with Crippen molar-refractivity contribution in [2.75, 3.05) is 98.8 Å². The van der Waals surface area contributed by atoms with Crippen LogP contribution in [0.2, 0.25) is 0 Å². The van der Waals surface area contributed by atoms with Gasteiger partial charge in [0.2, 0.25) is 0 Å². The molecule has 18 heteroatoms. The molecule has 4 amide bonds. The molecule has 4 heterocycles. The summed E-state index contributed by atoms with van der Waals surface area (Å²) in [5.41, 5.74) is 2.82. The molecule has 2 aliphatic heterocycles. The van der Waals surface area contributed by atoms with Crippen molar-refractivity contribution in [1.82, 2.24) is 40.0 Å². The number of urea groups is 2.